The van der Waals surface area contributed by atoms with Crippen molar-refractivity contribution in [2.24, 2.45) is 0 Å². The van der Waals surface area contributed by atoms with Gasteiger partial charge in [0, 0.05) is 50.1 Å². The summed E-state index contributed by atoms with van der Waals surface area (Å²) in [5, 5.41) is 3.32. The minimum Gasteiger partial charge on any atom is -0.336 e. The molecule has 3 aromatic rings. The molecule has 7 heteroatoms. The number of aromatic nitrogens is 2. The van der Waals surface area contributed by atoms with E-state index in [0.29, 0.717) is 10.0 Å². The Hall–Kier alpha value is -0.780. The quantitative estimate of drug-likeness (QED) is 0.270. The zero-order valence-corrected chi connectivity index (χ0v) is 17.7. The van der Waals surface area contributed by atoms with Crippen molar-refractivity contribution < 1.29 is 0 Å². The zero-order valence-electron chi connectivity index (χ0n) is 13.8. The molecule has 0 N–H and O–H groups in total. The van der Waals surface area contributed by atoms with Crippen LogP contribution in [0.4, 0.5) is 0 Å². The molecular formula is C19H17Cl3N2S2. The number of rotatable bonds is 8. The Kier molecular flexibility index (Phi) is 7.64. The van der Waals surface area contributed by atoms with E-state index in [0.717, 1.165) is 28.0 Å². The van der Waals surface area contributed by atoms with Crippen molar-refractivity contribution >= 4 is 58.3 Å². The highest BCUT2D eigenvalue weighted by Gasteiger charge is 2.16. The van der Waals surface area contributed by atoms with Gasteiger partial charge in [0.05, 0.1) is 6.33 Å². The van der Waals surface area contributed by atoms with Gasteiger partial charge in [0.1, 0.15) is 0 Å². The predicted octanol–water partition coefficient (Wildman–Crippen LogP) is 7.21. The van der Waals surface area contributed by atoms with Crippen molar-refractivity contribution in [2.75, 3.05) is 5.08 Å². The van der Waals surface area contributed by atoms with Crippen molar-refractivity contribution in [3.05, 3.63) is 87.4 Å². The first-order valence-corrected chi connectivity index (χ1v) is 11.3. The molecule has 0 radical (unpaired) electrons. The molecule has 1 heterocycles. The van der Waals surface area contributed by atoms with Crippen LogP contribution < -0.4 is 0 Å². The predicted molar refractivity (Wildman–Crippen MR) is 117 cm³/mol. The standard InChI is InChI=1S/C19H17Cl3N2S2/c20-15-3-1-14(2-4-15)11-25-13-26-19(10-24-8-7-23-12-24)17-6-5-16(21)9-18(17)22/h1-9,12,19H,10-11,13H2. The number of imidazole rings is 1. The van der Waals surface area contributed by atoms with Gasteiger partial charge in [0.15, 0.2) is 0 Å². The molecule has 26 heavy (non-hydrogen) atoms. The summed E-state index contributed by atoms with van der Waals surface area (Å²) in [6.07, 6.45) is 5.59. The van der Waals surface area contributed by atoms with E-state index in [2.05, 4.69) is 21.7 Å². The zero-order chi connectivity index (χ0) is 18.4. The Morgan fingerprint density at radius 3 is 2.46 bits per heavy atom. The monoisotopic (exact) mass is 442 g/mol. The SMILES string of the molecule is Clc1ccc(CSCSC(Cn2ccnc2)c2ccc(Cl)cc2Cl)cc1. The van der Waals surface area contributed by atoms with E-state index in [1.165, 1.54) is 5.56 Å². The summed E-state index contributed by atoms with van der Waals surface area (Å²) >= 11 is 22.2. The number of thioether (sulfide) groups is 2. The van der Waals surface area contributed by atoms with Crippen LogP contribution in [0.5, 0.6) is 0 Å². The maximum absolute atomic E-state index is 6.45. The first-order valence-electron chi connectivity index (χ1n) is 7.96. The summed E-state index contributed by atoms with van der Waals surface area (Å²) in [7, 11) is 0. The van der Waals surface area contributed by atoms with Gasteiger partial charge in [0.2, 0.25) is 0 Å². The van der Waals surface area contributed by atoms with Crippen LogP contribution in [0.25, 0.3) is 0 Å². The molecule has 136 valence electrons. The van der Waals surface area contributed by atoms with Crippen molar-refractivity contribution in [2.45, 2.75) is 17.5 Å². The van der Waals surface area contributed by atoms with Crippen LogP contribution >= 0.6 is 58.3 Å². The molecule has 1 unspecified atom stereocenters. The molecule has 0 saturated carbocycles. The Morgan fingerprint density at radius 2 is 1.77 bits per heavy atom. The summed E-state index contributed by atoms with van der Waals surface area (Å²) in [4.78, 5) is 4.13. The van der Waals surface area contributed by atoms with Crippen molar-refractivity contribution in [3.8, 4) is 0 Å². The molecule has 0 spiro atoms. The molecule has 2 aromatic carbocycles. The van der Waals surface area contributed by atoms with Crippen LogP contribution in [-0.2, 0) is 12.3 Å². The Morgan fingerprint density at radius 1 is 1.00 bits per heavy atom. The number of halogens is 3. The fourth-order valence-corrected chi connectivity index (χ4v) is 5.66. The van der Waals surface area contributed by atoms with Crippen molar-refractivity contribution in [1.82, 2.24) is 9.55 Å². The maximum atomic E-state index is 6.45. The van der Waals surface area contributed by atoms with Crippen LogP contribution in [0.15, 0.2) is 61.2 Å². The average molecular weight is 444 g/mol. The molecule has 0 aliphatic heterocycles. The van der Waals surface area contributed by atoms with Gasteiger partial charge < -0.3 is 4.57 Å². The fraction of sp³-hybridized carbons (Fsp3) is 0.211. The van der Waals surface area contributed by atoms with Gasteiger partial charge in [-0.15, -0.1) is 23.5 Å². The normalized spacial score (nSPS) is 12.3. The highest BCUT2D eigenvalue weighted by atomic mass is 35.5. The van der Waals surface area contributed by atoms with E-state index in [1.807, 2.05) is 60.3 Å². The largest absolute Gasteiger partial charge is 0.336 e. The van der Waals surface area contributed by atoms with E-state index in [9.17, 15) is 0 Å². The second-order valence-corrected chi connectivity index (χ2v) is 9.50. The third kappa shape index (κ3) is 5.86. The second kappa shape index (κ2) is 9.95. The molecule has 1 aromatic heterocycles. The van der Waals surface area contributed by atoms with E-state index < -0.39 is 0 Å². The Balaban J connectivity index is 1.62. The first kappa shape index (κ1) is 20.0. The maximum Gasteiger partial charge on any atom is 0.0946 e. The number of nitrogens with zero attached hydrogens (tertiary/aromatic N) is 2. The third-order valence-corrected chi connectivity index (χ3v) is 7.15. The summed E-state index contributed by atoms with van der Waals surface area (Å²) in [6.45, 7) is 0.813. The van der Waals surface area contributed by atoms with Gasteiger partial charge in [-0.05, 0) is 35.4 Å². The molecular weight excluding hydrogens is 427 g/mol. The van der Waals surface area contributed by atoms with Gasteiger partial charge in [-0.2, -0.15) is 0 Å². The molecule has 0 aliphatic carbocycles. The Labute approximate surface area is 177 Å². The Bertz CT molecular complexity index is 823. The smallest absolute Gasteiger partial charge is 0.0946 e. The molecule has 2 nitrogen and oxygen atoms in total. The van der Waals surface area contributed by atoms with Crippen LogP contribution in [0.3, 0.4) is 0 Å². The van der Waals surface area contributed by atoms with E-state index in [1.54, 1.807) is 12.3 Å². The van der Waals surface area contributed by atoms with Gasteiger partial charge in [-0.3, -0.25) is 0 Å². The molecule has 0 saturated heterocycles. The lowest BCUT2D eigenvalue weighted by molar-refractivity contribution is 0.684. The van der Waals surface area contributed by atoms with E-state index in [4.69, 9.17) is 34.8 Å². The van der Waals surface area contributed by atoms with Crippen LogP contribution in [0.2, 0.25) is 15.1 Å². The van der Waals surface area contributed by atoms with Crippen LogP contribution in [-0.4, -0.2) is 14.6 Å². The van der Waals surface area contributed by atoms with Gasteiger partial charge in [-0.25, -0.2) is 4.98 Å². The topological polar surface area (TPSA) is 17.8 Å². The summed E-state index contributed by atoms with van der Waals surface area (Å²) < 4.78 is 2.08. The highest BCUT2D eigenvalue weighted by molar-refractivity contribution is 8.15. The first-order chi connectivity index (χ1) is 12.6. The summed E-state index contributed by atoms with van der Waals surface area (Å²) in [5.41, 5.74) is 2.37. The summed E-state index contributed by atoms with van der Waals surface area (Å²) in [5.74, 6) is 0.955. The van der Waals surface area contributed by atoms with Crippen molar-refractivity contribution in [1.29, 1.82) is 0 Å². The average Bonchev–Trinajstić information content (AvgIpc) is 3.12. The molecule has 1 atom stereocenters. The molecule has 3 rings (SSSR count). The van der Waals surface area contributed by atoms with Gasteiger partial charge >= 0.3 is 0 Å². The fourth-order valence-electron chi connectivity index (χ4n) is 2.46. The lowest BCUT2D eigenvalue weighted by atomic mass is 10.1. The highest BCUT2D eigenvalue weighted by Crippen LogP contribution is 2.38. The van der Waals surface area contributed by atoms with Gasteiger partial charge in [0.25, 0.3) is 0 Å². The van der Waals surface area contributed by atoms with E-state index in [-0.39, 0.29) is 5.25 Å². The summed E-state index contributed by atoms with van der Waals surface area (Å²) in [6, 6.07) is 13.7. The van der Waals surface area contributed by atoms with Crippen molar-refractivity contribution in [3.63, 3.8) is 0 Å². The molecule has 0 fully saturated rings. The molecule has 0 amide bonds. The van der Waals surface area contributed by atoms with Crippen LogP contribution in [0.1, 0.15) is 16.4 Å². The lowest BCUT2D eigenvalue weighted by Crippen LogP contribution is -2.06. The lowest BCUT2D eigenvalue weighted by Gasteiger charge is -2.19. The van der Waals surface area contributed by atoms with E-state index >= 15 is 0 Å². The second-order valence-electron chi connectivity index (χ2n) is 5.67. The number of hydrogen-bond donors (Lipinski definition) is 0. The minimum absolute atomic E-state index is 0.228. The minimum atomic E-state index is 0.228. The molecule has 0 bridgehead atoms. The number of hydrogen-bond acceptors (Lipinski definition) is 3. The number of benzene rings is 2. The van der Waals surface area contributed by atoms with Gasteiger partial charge in [-0.1, -0.05) is 53.0 Å². The third-order valence-electron chi connectivity index (χ3n) is 3.78. The molecule has 0 aliphatic rings. The van der Waals surface area contributed by atoms with Crippen LogP contribution in [0, 0.1) is 0 Å².